The van der Waals surface area contributed by atoms with E-state index >= 15 is 0 Å². The molecule has 0 spiro atoms. The molecule has 40 heavy (non-hydrogen) atoms. The Morgan fingerprint density at radius 1 is 0.900 bits per heavy atom. The Labute approximate surface area is 233 Å². The second kappa shape index (κ2) is 12.5. The van der Waals surface area contributed by atoms with Gasteiger partial charge in [0, 0.05) is 19.5 Å². The van der Waals surface area contributed by atoms with Crippen molar-refractivity contribution in [2.75, 3.05) is 11.9 Å². The summed E-state index contributed by atoms with van der Waals surface area (Å²) >= 11 is 0. The number of hydrogen-bond donors (Lipinski definition) is 3. The van der Waals surface area contributed by atoms with Crippen LogP contribution in [0.4, 0.5) is 15.5 Å². The molecule has 0 bridgehead atoms. The molecule has 4 rings (SSSR count). The predicted octanol–water partition coefficient (Wildman–Crippen LogP) is 3.65. The van der Waals surface area contributed by atoms with Gasteiger partial charge in [-0.15, -0.1) is 0 Å². The van der Waals surface area contributed by atoms with Crippen molar-refractivity contribution in [1.29, 1.82) is 0 Å². The lowest BCUT2D eigenvalue weighted by Crippen LogP contribution is -2.32. The Hall–Kier alpha value is -4.54. The van der Waals surface area contributed by atoms with Gasteiger partial charge >= 0.3 is 12.1 Å². The molecular weight excluding hydrogens is 510 g/mol. The number of aromatic nitrogens is 3. The average molecular weight is 546 g/mol. The first-order chi connectivity index (χ1) is 19.0. The summed E-state index contributed by atoms with van der Waals surface area (Å²) in [6.45, 7) is 8.41. The van der Waals surface area contributed by atoms with E-state index in [1.807, 2.05) is 52.0 Å². The lowest BCUT2D eigenvalue weighted by molar-refractivity contribution is -0.118. The van der Waals surface area contributed by atoms with Crippen molar-refractivity contribution in [3.8, 4) is 0 Å². The van der Waals surface area contributed by atoms with Crippen LogP contribution in [0.5, 0.6) is 0 Å². The molecule has 11 heteroatoms. The quantitative estimate of drug-likeness (QED) is 0.328. The zero-order valence-corrected chi connectivity index (χ0v) is 23.3. The predicted molar refractivity (Wildman–Crippen MR) is 149 cm³/mol. The van der Waals surface area contributed by atoms with Crippen molar-refractivity contribution in [1.82, 2.24) is 30.5 Å². The Kier molecular flexibility index (Phi) is 8.93. The number of rotatable bonds is 10. The van der Waals surface area contributed by atoms with Crippen molar-refractivity contribution in [3.05, 3.63) is 82.4 Å². The molecular formula is C29H35N7O4. The molecule has 1 aliphatic rings. The van der Waals surface area contributed by atoms with Gasteiger partial charge in [-0.1, -0.05) is 54.1 Å². The Morgan fingerprint density at radius 3 is 2.15 bits per heavy atom. The topological polar surface area (TPSA) is 138 Å². The highest BCUT2D eigenvalue weighted by Crippen LogP contribution is 2.13. The van der Waals surface area contributed by atoms with Crippen LogP contribution in [-0.4, -0.2) is 50.0 Å². The number of carbonyl (C=O) groups is 3. The van der Waals surface area contributed by atoms with E-state index in [0.717, 1.165) is 17.5 Å². The number of amides is 4. The molecule has 1 aliphatic heterocycles. The number of nitrogens with zero attached hydrogens (tertiary/aromatic N) is 4. The Bertz CT molecular complexity index is 1350. The van der Waals surface area contributed by atoms with E-state index in [4.69, 9.17) is 4.74 Å². The number of hydrogen-bond acceptors (Lipinski definition) is 8. The van der Waals surface area contributed by atoms with Gasteiger partial charge in [0.25, 0.3) is 0 Å². The van der Waals surface area contributed by atoms with Gasteiger partial charge in [-0.05, 0) is 50.8 Å². The molecule has 4 amide bonds. The van der Waals surface area contributed by atoms with Crippen LogP contribution in [0, 0.1) is 6.92 Å². The van der Waals surface area contributed by atoms with E-state index in [9.17, 15) is 14.4 Å². The van der Waals surface area contributed by atoms with Crippen LogP contribution in [0.25, 0.3) is 0 Å². The number of benzene rings is 2. The molecule has 0 atom stereocenters. The minimum absolute atomic E-state index is 0.0267. The van der Waals surface area contributed by atoms with Gasteiger partial charge in [0.2, 0.25) is 11.9 Å². The van der Waals surface area contributed by atoms with E-state index in [1.54, 1.807) is 0 Å². The van der Waals surface area contributed by atoms with Crippen molar-refractivity contribution < 1.29 is 19.1 Å². The second-order valence-electron chi connectivity index (χ2n) is 10.7. The Morgan fingerprint density at radius 2 is 1.52 bits per heavy atom. The SMILES string of the molecule is Cc1ccc(CCc2nc(CN3CC(=O)NC3=O)nc(NCc3ccc(CNC(=O)OC(C)(C)C)cc3)n2)cc1. The normalized spacial score (nSPS) is 13.2. The zero-order valence-electron chi connectivity index (χ0n) is 23.3. The van der Waals surface area contributed by atoms with Gasteiger partial charge in [-0.25, -0.2) is 14.6 Å². The number of aryl methyl sites for hydroxylation is 3. The monoisotopic (exact) mass is 545 g/mol. The highest BCUT2D eigenvalue weighted by atomic mass is 16.6. The van der Waals surface area contributed by atoms with Crippen LogP contribution in [0.1, 0.15) is 54.7 Å². The summed E-state index contributed by atoms with van der Waals surface area (Å²) in [5, 5.41) is 8.27. The second-order valence-corrected chi connectivity index (χ2v) is 10.7. The van der Waals surface area contributed by atoms with Gasteiger partial charge < -0.3 is 20.3 Å². The van der Waals surface area contributed by atoms with Crippen LogP contribution in [0.3, 0.4) is 0 Å². The van der Waals surface area contributed by atoms with E-state index in [2.05, 4.69) is 55.2 Å². The molecule has 11 nitrogen and oxygen atoms in total. The summed E-state index contributed by atoms with van der Waals surface area (Å²) in [6, 6.07) is 15.6. The van der Waals surface area contributed by atoms with Crippen molar-refractivity contribution in [2.45, 2.75) is 65.8 Å². The number of imide groups is 1. The number of ether oxygens (including phenoxy) is 1. The highest BCUT2D eigenvalue weighted by molar-refractivity contribution is 6.01. The molecule has 1 fully saturated rings. The van der Waals surface area contributed by atoms with E-state index in [0.29, 0.717) is 37.1 Å². The molecule has 0 saturated carbocycles. The van der Waals surface area contributed by atoms with Crippen LogP contribution in [-0.2, 0) is 42.0 Å². The van der Waals surface area contributed by atoms with Crippen molar-refractivity contribution in [2.24, 2.45) is 0 Å². The maximum Gasteiger partial charge on any atom is 0.407 e. The number of nitrogens with one attached hydrogen (secondary N) is 3. The number of carbonyl (C=O) groups excluding carboxylic acids is 3. The lowest BCUT2D eigenvalue weighted by Gasteiger charge is -2.19. The van der Waals surface area contributed by atoms with Gasteiger partial charge in [0.05, 0.1) is 6.54 Å². The van der Waals surface area contributed by atoms with Gasteiger partial charge in [0.15, 0.2) is 5.82 Å². The zero-order chi connectivity index (χ0) is 28.7. The summed E-state index contributed by atoms with van der Waals surface area (Å²) in [5.41, 5.74) is 3.76. The molecule has 1 aromatic heterocycles. The Balaban J connectivity index is 1.40. The minimum Gasteiger partial charge on any atom is -0.444 e. The third-order valence-corrected chi connectivity index (χ3v) is 6.00. The third-order valence-electron chi connectivity index (χ3n) is 6.00. The number of urea groups is 1. The standard InChI is InChI=1S/C29H35N7O4/c1-19-5-7-20(8-6-19)13-14-23-32-24(17-36-18-25(37)35-27(36)38)34-26(33-23)30-15-21-9-11-22(12-10-21)16-31-28(39)40-29(2,3)4/h5-12H,13-18H2,1-4H3,(H,31,39)(H,35,37,38)(H,30,32,33,34). The molecule has 2 heterocycles. The fourth-order valence-corrected chi connectivity index (χ4v) is 3.97. The maximum absolute atomic E-state index is 12.1. The molecule has 1 saturated heterocycles. The first kappa shape index (κ1) is 28.5. The van der Waals surface area contributed by atoms with Gasteiger partial charge in [0.1, 0.15) is 18.0 Å². The van der Waals surface area contributed by atoms with Crippen LogP contribution >= 0.6 is 0 Å². The summed E-state index contributed by atoms with van der Waals surface area (Å²) < 4.78 is 5.27. The number of anilines is 1. The van der Waals surface area contributed by atoms with Crippen molar-refractivity contribution >= 4 is 24.0 Å². The summed E-state index contributed by atoms with van der Waals surface area (Å²) in [6.07, 6.45) is 0.889. The molecule has 3 aromatic rings. The van der Waals surface area contributed by atoms with Crippen molar-refractivity contribution in [3.63, 3.8) is 0 Å². The minimum atomic E-state index is -0.548. The van der Waals surface area contributed by atoms with Crippen LogP contribution in [0.2, 0.25) is 0 Å². The molecule has 0 radical (unpaired) electrons. The van der Waals surface area contributed by atoms with E-state index < -0.39 is 17.7 Å². The fraction of sp³-hybridized carbons (Fsp3) is 0.379. The summed E-state index contributed by atoms with van der Waals surface area (Å²) in [7, 11) is 0. The van der Waals surface area contributed by atoms with Crippen LogP contribution in [0.15, 0.2) is 48.5 Å². The fourth-order valence-electron chi connectivity index (χ4n) is 3.97. The van der Waals surface area contributed by atoms with E-state index in [1.165, 1.54) is 16.0 Å². The highest BCUT2D eigenvalue weighted by Gasteiger charge is 2.27. The van der Waals surface area contributed by atoms with E-state index in [-0.39, 0.29) is 19.0 Å². The molecule has 3 N–H and O–H groups in total. The molecule has 0 aliphatic carbocycles. The maximum atomic E-state index is 12.1. The summed E-state index contributed by atoms with van der Waals surface area (Å²) in [5.74, 6) is 1.06. The lowest BCUT2D eigenvalue weighted by atomic mass is 10.1. The summed E-state index contributed by atoms with van der Waals surface area (Å²) in [4.78, 5) is 50.6. The first-order valence-corrected chi connectivity index (χ1v) is 13.2. The number of alkyl carbamates (subject to hydrolysis) is 1. The van der Waals surface area contributed by atoms with Gasteiger partial charge in [-0.3, -0.25) is 10.1 Å². The molecule has 0 unspecified atom stereocenters. The molecule has 2 aromatic carbocycles. The molecule has 210 valence electrons. The largest absolute Gasteiger partial charge is 0.444 e. The average Bonchev–Trinajstić information content (AvgIpc) is 3.21. The third kappa shape index (κ3) is 8.75. The van der Waals surface area contributed by atoms with Gasteiger partial charge in [-0.2, -0.15) is 9.97 Å². The first-order valence-electron chi connectivity index (χ1n) is 13.2. The smallest absolute Gasteiger partial charge is 0.407 e. The van der Waals surface area contributed by atoms with Crippen LogP contribution < -0.4 is 16.0 Å².